The van der Waals surface area contributed by atoms with E-state index in [1.165, 1.54) is 28.6 Å². The minimum Gasteiger partial charge on any atom is -0.312 e. The van der Waals surface area contributed by atoms with Gasteiger partial charge >= 0.3 is 0 Å². The molecule has 1 nitrogen and oxygen atoms in total. The van der Waals surface area contributed by atoms with Gasteiger partial charge in [0.25, 0.3) is 0 Å². The second-order valence-corrected chi connectivity index (χ2v) is 8.03. The molecule has 1 heterocycles. The summed E-state index contributed by atoms with van der Waals surface area (Å²) in [5.41, 5.74) is 0.572. The molecule has 0 radical (unpaired) electrons. The van der Waals surface area contributed by atoms with Gasteiger partial charge < -0.3 is 5.32 Å². The predicted molar refractivity (Wildman–Crippen MR) is 86.5 cm³/mol. The zero-order chi connectivity index (χ0) is 13.8. The van der Waals surface area contributed by atoms with E-state index in [9.17, 15) is 0 Å². The van der Waals surface area contributed by atoms with Gasteiger partial charge in [0.2, 0.25) is 0 Å². The Morgan fingerprint density at radius 1 is 1.22 bits per heavy atom. The monoisotopic (exact) mass is 331 g/mol. The molecule has 1 aromatic rings. The van der Waals surface area contributed by atoms with Gasteiger partial charge in [-0.2, -0.15) is 0 Å². The van der Waals surface area contributed by atoms with Crippen LogP contribution in [0.15, 0.2) is 15.9 Å². The molecule has 0 aliphatic carbocycles. The smallest absolute Gasteiger partial charge is 0.0314 e. The van der Waals surface area contributed by atoms with E-state index in [0.717, 1.165) is 6.54 Å². The van der Waals surface area contributed by atoms with E-state index in [1.54, 1.807) is 0 Å². The summed E-state index contributed by atoms with van der Waals surface area (Å²) in [6.07, 6.45) is 3.61. The molecular weight excluding hydrogens is 306 g/mol. The van der Waals surface area contributed by atoms with Gasteiger partial charge in [0.15, 0.2) is 0 Å². The lowest BCUT2D eigenvalue weighted by atomic mass is 9.78. The Hall–Kier alpha value is 0.140. The lowest BCUT2D eigenvalue weighted by molar-refractivity contribution is 0.221. The highest BCUT2D eigenvalue weighted by molar-refractivity contribution is 9.10. The van der Waals surface area contributed by atoms with E-state index in [4.69, 9.17) is 0 Å². The third-order valence-electron chi connectivity index (χ3n) is 3.72. The third kappa shape index (κ3) is 4.67. The second-order valence-electron chi connectivity index (χ2n) is 6.18. The third-order valence-corrected chi connectivity index (χ3v) is 5.65. The molecule has 0 saturated heterocycles. The van der Waals surface area contributed by atoms with Crippen molar-refractivity contribution in [2.24, 2.45) is 5.41 Å². The highest BCUT2D eigenvalue weighted by Crippen LogP contribution is 2.35. The maximum absolute atomic E-state index is 3.69. The van der Waals surface area contributed by atoms with Crippen molar-refractivity contribution in [2.45, 2.75) is 59.4 Å². The van der Waals surface area contributed by atoms with Gasteiger partial charge in [0.05, 0.1) is 0 Å². The lowest BCUT2D eigenvalue weighted by Crippen LogP contribution is -2.44. The Kier molecular flexibility index (Phi) is 5.88. The van der Waals surface area contributed by atoms with Gasteiger partial charge in [0, 0.05) is 21.4 Å². The molecule has 0 atom stereocenters. The molecule has 0 fully saturated rings. The van der Waals surface area contributed by atoms with Crippen LogP contribution in [0, 0.1) is 5.41 Å². The van der Waals surface area contributed by atoms with Crippen LogP contribution in [0.1, 0.15) is 52.3 Å². The molecule has 0 saturated carbocycles. The van der Waals surface area contributed by atoms with E-state index < -0.39 is 0 Å². The SMILES string of the molecule is CCC(CC)(CNC(C)(C)C)Cc1sccc1Br. The Morgan fingerprint density at radius 3 is 2.22 bits per heavy atom. The highest BCUT2D eigenvalue weighted by atomic mass is 79.9. The molecule has 0 unspecified atom stereocenters. The average Bonchev–Trinajstić information content (AvgIpc) is 2.69. The molecule has 0 aliphatic heterocycles. The molecule has 1 N–H and O–H groups in total. The van der Waals surface area contributed by atoms with E-state index in [2.05, 4.69) is 67.3 Å². The first-order valence-corrected chi connectivity index (χ1v) is 8.46. The lowest BCUT2D eigenvalue weighted by Gasteiger charge is -2.35. The van der Waals surface area contributed by atoms with Crippen molar-refractivity contribution in [3.8, 4) is 0 Å². The summed E-state index contributed by atoms with van der Waals surface area (Å²) in [6, 6.07) is 2.16. The van der Waals surface area contributed by atoms with Crippen LogP contribution < -0.4 is 5.32 Å². The second kappa shape index (κ2) is 6.53. The van der Waals surface area contributed by atoms with Crippen LogP contribution >= 0.6 is 27.3 Å². The Bertz CT molecular complexity index is 361. The fraction of sp³-hybridized carbons (Fsp3) is 0.733. The topological polar surface area (TPSA) is 12.0 Å². The van der Waals surface area contributed by atoms with Crippen molar-refractivity contribution >= 4 is 27.3 Å². The summed E-state index contributed by atoms with van der Waals surface area (Å²) >= 11 is 5.52. The molecule has 0 aromatic carbocycles. The molecule has 1 rings (SSSR count). The standard InChI is InChI=1S/C15H26BrNS/c1-6-15(7-2,11-17-14(3,4)5)10-13-12(16)8-9-18-13/h8-9,17H,6-7,10-11H2,1-5H3. The van der Waals surface area contributed by atoms with Gasteiger partial charge in [0.1, 0.15) is 0 Å². The summed E-state index contributed by atoms with van der Waals surface area (Å²) in [5.74, 6) is 0. The van der Waals surface area contributed by atoms with Crippen LogP contribution in [-0.4, -0.2) is 12.1 Å². The minimum absolute atomic E-state index is 0.197. The number of rotatable bonds is 6. The number of nitrogens with one attached hydrogen (secondary N) is 1. The first-order valence-electron chi connectivity index (χ1n) is 6.79. The zero-order valence-electron chi connectivity index (χ0n) is 12.3. The van der Waals surface area contributed by atoms with Crippen molar-refractivity contribution in [2.75, 3.05) is 6.54 Å². The average molecular weight is 332 g/mol. The quantitative estimate of drug-likeness (QED) is 0.750. The number of thiophene rings is 1. The van der Waals surface area contributed by atoms with Gasteiger partial charge in [-0.25, -0.2) is 0 Å². The highest BCUT2D eigenvalue weighted by Gasteiger charge is 2.29. The molecule has 0 amide bonds. The zero-order valence-corrected chi connectivity index (χ0v) is 14.7. The van der Waals surface area contributed by atoms with Gasteiger partial charge in [-0.05, 0) is 72.8 Å². The maximum atomic E-state index is 3.69. The predicted octanol–water partition coefficient (Wildman–Crippen LogP) is 5.25. The van der Waals surface area contributed by atoms with Gasteiger partial charge in [-0.3, -0.25) is 0 Å². The summed E-state index contributed by atoms with van der Waals surface area (Å²) < 4.78 is 1.27. The summed E-state index contributed by atoms with van der Waals surface area (Å²) in [5, 5.41) is 5.86. The first-order chi connectivity index (χ1) is 8.32. The summed E-state index contributed by atoms with van der Waals surface area (Å²) in [7, 11) is 0. The molecule has 18 heavy (non-hydrogen) atoms. The van der Waals surface area contributed by atoms with Crippen LogP contribution in [-0.2, 0) is 6.42 Å². The van der Waals surface area contributed by atoms with Crippen molar-refractivity contribution in [3.63, 3.8) is 0 Å². The fourth-order valence-electron chi connectivity index (χ4n) is 2.06. The van der Waals surface area contributed by atoms with Crippen LogP contribution in [0.5, 0.6) is 0 Å². The van der Waals surface area contributed by atoms with Crippen LogP contribution in [0.4, 0.5) is 0 Å². The molecule has 104 valence electrons. The van der Waals surface area contributed by atoms with E-state index in [1.807, 2.05) is 11.3 Å². The van der Waals surface area contributed by atoms with Crippen molar-refractivity contribution in [1.82, 2.24) is 5.32 Å². The number of hydrogen-bond donors (Lipinski definition) is 1. The summed E-state index contributed by atoms with van der Waals surface area (Å²) in [4.78, 5) is 1.48. The summed E-state index contributed by atoms with van der Waals surface area (Å²) in [6.45, 7) is 12.4. The van der Waals surface area contributed by atoms with Gasteiger partial charge in [-0.1, -0.05) is 13.8 Å². The fourth-order valence-corrected chi connectivity index (χ4v) is 3.72. The Balaban J connectivity index is 2.77. The maximum Gasteiger partial charge on any atom is 0.0314 e. The largest absolute Gasteiger partial charge is 0.312 e. The molecule has 0 bridgehead atoms. The van der Waals surface area contributed by atoms with E-state index in [0.29, 0.717) is 5.41 Å². The molecule has 0 aliphatic rings. The Morgan fingerprint density at radius 2 is 1.83 bits per heavy atom. The Labute approximate surface area is 125 Å². The minimum atomic E-state index is 0.197. The van der Waals surface area contributed by atoms with Crippen LogP contribution in [0.2, 0.25) is 0 Å². The normalized spacial score (nSPS) is 13.0. The first kappa shape index (κ1) is 16.2. The van der Waals surface area contributed by atoms with Crippen LogP contribution in [0.3, 0.4) is 0 Å². The van der Waals surface area contributed by atoms with Gasteiger partial charge in [-0.15, -0.1) is 11.3 Å². The van der Waals surface area contributed by atoms with Crippen molar-refractivity contribution < 1.29 is 0 Å². The number of hydrogen-bond acceptors (Lipinski definition) is 2. The van der Waals surface area contributed by atoms with Crippen LogP contribution in [0.25, 0.3) is 0 Å². The molecule has 1 aromatic heterocycles. The van der Waals surface area contributed by atoms with E-state index >= 15 is 0 Å². The molecule has 3 heteroatoms. The van der Waals surface area contributed by atoms with E-state index in [-0.39, 0.29) is 5.54 Å². The van der Waals surface area contributed by atoms with Crippen molar-refractivity contribution in [3.05, 3.63) is 20.8 Å². The molecule has 0 spiro atoms. The van der Waals surface area contributed by atoms with Crippen molar-refractivity contribution in [1.29, 1.82) is 0 Å². The molecular formula is C15H26BrNS. The number of halogens is 1.